The SMILES string of the molecule is NC(=O)CCC(=O)N1CC(c2cccc(F)c2F)C2C1C1CCN2CC1. The van der Waals surface area contributed by atoms with Crippen molar-refractivity contribution in [2.75, 3.05) is 19.6 Å². The van der Waals surface area contributed by atoms with Crippen molar-refractivity contribution >= 4 is 11.8 Å². The maximum Gasteiger partial charge on any atom is 0.223 e. The molecule has 2 amide bonds. The van der Waals surface area contributed by atoms with E-state index in [1.807, 2.05) is 0 Å². The lowest BCUT2D eigenvalue weighted by atomic mass is 9.75. The molecule has 0 radical (unpaired) electrons. The van der Waals surface area contributed by atoms with Crippen LogP contribution in [0.3, 0.4) is 0 Å². The van der Waals surface area contributed by atoms with Crippen LogP contribution in [0.15, 0.2) is 18.2 Å². The highest BCUT2D eigenvalue weighted by Crippen LogP contribution is 2.47. The monoisotopic (exact) mass is 363 g/mol. The minimum atomic E-state index is -0.853. The molecule has 3 unspecified atom stereocenters. The highest BCUT2D eigenvalue weighted by molar-refractivity contribution is 5.83. The Labute approximate surface area is 151 Å². The van der Waals surface area contributed by atoms with Gasteiger partial charge in [-0.05, 0) is 43.5 Å². The van der Waals surface area contributed by atoms with Gasteiger partial charge in [-0.2, -0.15) is 0 Å². The van der Waals surface area contributed by atoms with Crippen molar-refractivity contribution in [3.63, 3.8) is 0 Å². The third-order valence-electron chi connectivity index (χ3n) is 6.28. The van der Waals surface area contributed by atoms with Crippen molar-refractivity contribution in [2.24, 2.45) is 11.7 Å². The number of piperidine rings is 3. The quantitative estimate of drug-likeness (QED) is 0.884. The van der Waals surface area contributed by atoms with E-state index in [9.17, 15) is 18.4 Å². The standard InChI is InChI=1S/C19H23F2N3O2/c20-14-3-1-2-12(17(14)21)13-10-24(16(26)5-4-15(22)25)18-11-6-8-23(9-7-11)19(13)18/h1-3,11,13,18-19H,4-10H2,(H2,22,25). The molecule has 140 valence electrons. The summed E-state index contributed by atoms with van der Waals surface area (Å²) in [6.07, 6.45) is 2.11. The number of nitrogens with zero attached hydrogens (tertiary/aromatic N) is 2. The zero-order valence-corrected chi connectivity index (χ0v) is 14.5. The number of hydrogen-bond donors (Lipinski definition) is 1. The third kappa shape index (κ3) is 2.78. The average Bonchev–Trinajstić information content (AvgIpc) is 3.05. The lowest BCUT2D eigenvalue weighted by Crippen LogP contribution is -2.60. The van der Waals surface area contributed by atoms with Gasteiger partial charge in [0.25, 0.3) is 0 Å². The number of benzene rings is 1. The first-order chi connectivity index (χ1) is 12.5. The van der Waals surface area contributed by atoms with E-state index < -0.39 is 17.5 Å². The van der Waals surface area contributed by atoms with Crippen LogP contribution in [0.5, 0.6) is 0 Å². The van der Waals surface area contributed by atoms with Crippen LogP contribution in [0.4, 0.5) is 8.78 Å². The molecule has 1 aromatic carbocycles. The number of rotatable bonds is 4. The maximum absolute atomic E-state index is 14.5. The summed E-state index contributed by atoms with van der Waals surface area (Å²) in [5.74, 6) is -2.16. The first-order valence-corrected chi connectivity index (χ1v) is 9.23. The second-order valence-electron chi connectivity index (χ2n) is 7.62. The first-order valence-electron chi connectivity index (χ1n) is 9.23. The Morgan fingerprint density at radius 1 is 1.12 bits per heavy atom. The number of amides is 2. The Morgan fingerprint density at radius 3 is 2.54 bits per heavy atom. The largest absolute Gasteiger partial charge is 0.370 e. The number of fused-ring (bicyclic) bond motifs is 2. The van der Waals surface area contributed by atoms with Gasteiger partial charge in [-0.25, -0.2) is 8.78 Å². The zero-order valence-electron chi connectivity index (χ0n) is 14.5. The molecule has 5 nitrogen and oxygen atoms in total. The van der Waals surface area contributed by atoms with Gasteiger partial charge in [0.15, 0.2) is 11.6 Å². The summed E-state index contributed by atoms with van der Waals surface area (Å²) >= 11 is 0. The Balaban J connectivity index is 1.67. The number of halogens is 2. The van der Waals surface area contributed by atoms with Crippen LogP contribution >= 0.6 is 0 Å². The second kappa shape index (κ2) is 6.61. The minimum Gasteiger partial charge on any atom is -0.370 e. The molecule has 26 heavy (non-hydrogen) atoms. The smallest absolute Gasteiger partial charge is 0.223 e. The number of carbonyl (C=O) groups is 2. The molecule has 4 aliphatic rings. The number of likely N-dealkylation sites (tertiary alicyclic amines) is 1. The van der Waals surface area contributed by atoms with E-state index in [2.05, 4.69) is 4.90 Å². The average molecular weight is 363 g/mol. The molecule has 7 heteroatoms. The van der Waals surface area contributed by atoms with Crippen molar-refractivity contribution in [1.29, 1.82) is 0 Å². The van der Waals surface area contributed by atoms with Gasteiger partial charge < -0.3 is 10.6 Å². The molecular weight excluding hydrogens is 340 g/mol. The van der Waals surface area contributed by atoms with E-state index in [4.69, 9.17) is 5.73 Å². The van der Waals surface area contributed by atoms with E-state index in [0.29, 0.717) is 18.0 Å². The molecule has 4 aliphatic heterocycles. The summed E-state index contributed by atoms with van der Waals surface area (Å²) in [4.78, 5) is 27.9. The molecule has 4 heterocycles. The first kappa shape index (κ1) is 17.4. The van der Waals surface area contributed by atoms with Crippen LogP contribution in [0.1, 0.15) is 37.2 Å². The topological polar surface area (TPSA) is 66.6 Å². The molecule has 4 fully saturated rings. The zero-order chi connectivity index (χ0) is 18.4. The summed E-state index contributed by atoms with van der Waals surface area (Å²) in [7, 11) is 0. The van der Waals surface area contributed by atoms with Crippen molar-refractivity contribution in [3.05, 3.63) is 35.4 Å². The number of nitrogens with two attached hydrogens (primary N) is 1. The van der Waals surface area contributed by atoms with Gasteiger partial charge in [0, 0.05) is 31.3 Å². The van der Waals surface area contributed by atoms with Crippen molar-refractivity contribution in [3.8, 4) is 0 Å². The Bertz CT molecular complexity index is 733. The van der Waals surface area contributed by atoms with Crippen LogP contribution in [-0.4, -0.2) is 53.3 Å². The van der Waals surface area contributed by atoms with Gasteiger partial charge in [-0.1, -0.05) is 12.1 Å². The Morgan fingerprint density at radius 2 is 1.85 bits per heavy atom. The van der Waals surface area contributed by atoms with Gasteiger partial charge in [-0.15, -0.1) is 0 Å². The van der Waals surface area contributed by atoms with E-state index in [-0.39, 0.29) is 36.8 Å². The normalized spacial score (nSPS) is 32.5. The van der Waals surface area contributed by atoms with Crippen molar-refractivity contribution in [1.82, 2.24) is 9.80 Å². The third-order valence-corrected chi connectivity index (χ3v) is 6.28. The van der Waals surface area contributed by atoms with Crippen molar-refractivity contribution < 1.29 is 18.4 Å². The highest BCUT2D eigenvalue weighted by Gasteiger charge is 2.55. The number of primary amides is 1. The molecular formula is C19H23F2N3O2. The highest BCUT2D eigenvalue weighted by atomic mass is 19.2. The maximum atomic E-state index is 14.5. The molecule has 0 spiro atoms. The molecule has 2 N–H and O–H groups in total. The molecule has 1 aromatic rings. The van der Waals surface area contributed by atoms with Crippen LogP contribution in [0, 0.1) is 17.6 Å². The fourth-order valence-electron chi connectivity index (χ4n) is 5.16. The summed E-state index contributed by atoms with van der Waals surface area (Å²) in [6, 6.07) is 4.29. The van der Waals surface area contributed by atoms with E-state index in [1.54, 1.807) is 11.0 Å². The van der Waals surface area contributed by atoms with Gasteiger partial charge in [-0.3, -0.25) is 14.5 Å². The van der Waals surface area contributed by atoms with E-state index in [0.717, 1.165) is 32.0 Å². The fourth-order valence-corrected chi connectivity index (χ4v) is 5.16. The minimum absolute atomic E-state index is 0.00513. The molecule has 4 saturated heterocycles. The summed E-state index contributed by atoms with van der Waals surface area (Å²) in [5, 5.41) is 0. The lowest BCUT2D eigenvalue weighted by Gasteiger charge is -2.51. The predicted molar refractivity (Wildman–Crippen MR) is 91.1 cm³/mol. The molecule has 3 atom stereocenters. The predicted octanol–water partition coefficient (Wildman–Crippen LogP) is 1.62. The van der Waals surface area contributed by atoms with E-state index >= 15 is 0 Å². The van der Waals surface area contributed by atoms with Crippen molar-refractivity contribution in [2.45, 2.75) is 43.7 Å². The van der Waals surface area contributed by atoms with Gasteiger partial charge in [0.2, 0.25) is 11.8 Å². The number of carbonyl (C=O) groups excluding carboxylic acids is 2. The lowest BCUT2D eigenvalue weighted by molar-refractivity contribution is -0.137. The van der Waals surface area contributed by atoms with Crippen LogP contribution in [-0.2, 0) is 9.59 Å². The molecule has 0 aliphatic carbocycles. The molecule has 5 rings (SSSR count). The summed E-state index contributed by atoms with van der Waals surface area (Å²) in [5.41, 5.74) is 5.52. The molecule has 0 aromatic heterocycles. The van der Waals surface area contributed by atoms with Gasteiger partial charge >= 0.3 is 0 Å². The number of hydrogen-bond acceptors (Lipinski definition) is 3. The summed E-state index contributed by atoms with van der Waals surface area (Å²) in [6.45, 7) is 2.23. The van der Waals surface area contributed by atoms with Gasteiger partial charge in [0.05, 0.1) is 6.04 Å². The van der Waals surface area contributed by atoms with E-state index in [1.165, 1.54) is 6.07 Å². The summed E-state index contributed by atoms with van der Waals surface area (Å²) < 4.78 is 28.3. The Kier molecular flexibility index (Phi) is 4.42. The molecule has 0 saturated carbocycles. The molecule has 2 bridgehead atoms. The van der Waals surface area contributed by atoms with Crippen LogP contribution in [0.25, 0.3) is 0 Å². The second-order valence-corrected chi connectivity index (χ2v) is 7.62. The fraction of sp³-hybridized carbons (Fsp3) is 0.579. The van der Waals surface area contributed by atoms with Gasteiger partial charge in [0.1, 0.15) is 0 Å². The van der Waals surface area contributed by atoms with Crippen LogP contribution < -0.4 is 5.73 Å². The van der Waals surface area contributed by atoms with Crippen LogP contribution in [0.2, 0.25) is 0 Å². The Hall–Kier alpha value is -2.02.